The Morgan fingerprint density at radius 1 is 1.33 bits per heavy atom. The van der Waals surface area contributed by atoms with E-state index in [1.54, 1.807) is 11.9 Å². The molecule has 1 saturated heterocycles. The fourth-order valence-corrected chi connectivity index (χ4v) is 7.40. The van der Waals surface area contributed by atoms with E-state index in [0.717, 1.165) is 25.7 Å². The maximum Gasteiger partial charge on any atom is 0.322 e. The third kappa shape index (κ3) is 6.55. The lowest BCUT2D eigenvalue weighted by atomic mass is 9.95. The number of nitrogens with zero attached hydrogens (tertiary/aromatic N) is 4. The van der Waals surface area contributed by atoms with Crippen LogP contribution in [0.15, 0.2) is 36.9 Å². The maximum absolute atomic E-state index is 14.8. The molecule has 0 spiro atoms. The topological polar surface area (TPSA) is 130 Å². The molecule has 1 unspecified atom stereocenters. The van der Waals surface area contributed by atoms with Gasteiger partial charge in [0.1, 0.15) is 31.0 Å². The fraction of sp³-hybridized carbons (Fsp3) is 0.472. The number of aromatic hydroxyl groups is 1. The SMILES string of the molecule is C#Cc1c(F)ccc2cc(O)cc(C3COc4c(NCC5(N(C)C(=O)C=C)CCCC5)nc(OC[C@]5(C)C[C@@H](F)CN5CCO)nc4O3)c12. The lowest BCUT2D eigenvalue weighted by molar-refractivity contribution is -0.129. The van der Waals surface area contributed by atoms with Crippen molar-refractivity contribution in [2.24, 2.45) is 0 Å². The summed E-state index contributed by atoms with van der Waals surface area (Å²) in [6.45, 7) is 6.17. The second kappa shape index (κ2) is 13.7. The number of likely N-dealkylation sites (N-methyl/N-ethyl adjacent to an activating group) is 1. The number of carbonyl (C=O) groups is 1. The quantitative estimate of drug-likeness (QED) is 0.197. The number of aromatic nitrogens is 2. The molecule has 3 N–H and O–H groups in total. The number of anilines is 1. The lowest BCUT2D eigenvalue weighted by Crippen LogP contribution is -2.51. The van der Waals surface area contributed by atoms with Gasteiger partial charge in [-0.25, -0.2) is 8.78 Å². The number of halogens is 2. The predicted octanol–water partition coefficient (Wildman–Crippen LogP) is 4.51. The normalized spacial score (nSPS) is 22.9. The molecule has 2 fully saturated rings. The number of fused-ring (bicyclic) bond motifs is 2. The zero-order chi connectivity index (χ0) is 34.9. The summed E-state index contributed by atoms with van der Waals surface area (Å²) in [5.74, 6) is 2.08. The molecule has 1 amide bonds. The van der Waals surface area contributed by atoms with Gasteiger partial charge in [-0.2, -0.15) is 9.97 Å². The first-order chi connectivity index (χ1) is 23.5. The first-order valence-corrected chi connectivity index (χ1v) is 16.4. The van der Waals surface area contributed by atoms with Crippen molar-refractivity contribution < 1.29 is 38.0 Å². The molecule has 260 valence electrons. The maximum atomic E-state index is 14.8. The van der Waals surface area contributed by atoms with Crippen LogP contribution in [-0.2, 0) is 4.79 Å². The second-order valence-electron chi connectivity index (χ2n) is 13.2. The number of benzene rings is 2. The molecule has 3 heterocycles. The third-order valence-electron chi connectivity index (χ3n) is 10.1. The van der Waals surface area contributed by atoms with Crippen molar-refractivity contribution in [3.8, 4) is 35.7 Å². The van der Waals surface area contributed by atoms with Gasteiger partial charge in [0.05, 0.1) is 23.2 Å². The number of rotatable bonds is 11. The Morgan fingerprint density at radius 3 is 2.82 bits per heavy atom. The highest BCUT2D eigenvalue weighted by Gasteiger charge is 2.43. The average Bonchev–Trinajstić information content (AvgIpc) is 3.69. The molecule has 1 aliphatic carbocycles. The number of likely N-dealkylation sites (tertiary alicyclic amines) is 1. The second-order valence-corrected chi connectivity index (χ2v) is 13.2. The van der Waals surface area contributed by atoms with Gasteiger partial charge < -0.3 is 34.6 Å². The zero-order valence-electron chi connectivity index (χ0n) is 27.7. The van der Waals surface area contributed by atoms with Crippen LogP contribution in [0.4, 0.5) is 14.6 Å². The predicted molar refractivity (Wildman–Crippen MR) is 179 cm³/mol. The monoisotopic (exact) mass is 677 g/mol. The molecule has 6 rings (SSSR count). The van der Waals surface area contributed by atoms with E-state index in [0.29, 0.717) is 22.9 Å². The summed E-state index contributed by atoms with van der Waals surface area (Å²) in [4.78, 5) is 25.4. The third-order valence-corrected chi connectivity index (χ3v) is 10.1. The van der Waals surface area contributed by atoms with Gasteiger partial charge in [-0.3, -0.25) is 9.69 Å². The van der Waals surface area contributed by atoms with Crippen LogP contribution in [0.2, 0.25) is 0 Å². The number of carbonyl (C=O) groups excluding carboxylic acids is 1. The minimum absolute atomic E-state index is 0.0262. The Kier molecular flexibility index (Phi) is 9.55. The number of phenolic OH excluding ortho intramolecular Hbond substituents is 1. The van der Waals surface area contributed by atoms with Gasteiger partial charge in [-0.05, 0) is 49.4 Å². The molecule has 2 aliphatic heterocycles. The van der Waals surface area contributed by atoms with E-state index in [1.165, 1.54) is 30.3 Å². The van der Waals surface area contributed by atoms with Crippen LogP contribution >= 0.6 is 0 Å². The number of hydrogen-bond donors (Lipinski definition) is 3. The lowest BCUT2D eigenvalue weighted by Gasteiger charge is -2.39. The smallest absolute Gasteiger partial charge is 0.322 e. The molecular formula is C36H41F2N5O6. The standard InChI is InChI=1S/C36H41F2N5O6/c1-5-25-27(38)10-9-22-15-24(45)16-26(30(22)25)28-19-47-31-32(39-20-36(11-7-8-12-36)42(4)29(46)6-2)40-34(41-33(31)49-28)48-21-35(3)17-23(37)18-43(35)13-14-44/h1,6,9-10,15-16,23,28,44-45H,2,7-8,11-14,17-21H2,3-4H3,(H,39,40,41)/t23-,28?,35+/m1/s1. The van der Waals surface area contributed by atoms with Gasteiger partial charge >= 0.3 is 6.01 Å². The van der Waals surface area contributed by atoms with E-state index in [-0.39, 0.29) is 80.0 Å². The molecule has 13 heteroatoms. The van der Waals surface area contributed by atoms with Crippen LogP contribution in [0.25, 0.3) is 10.8 Å². The van der Waals surface area contributed by atoms with Crippen molar-refractivity contribution in [1.29, 1.82) is 0 Å². The largest absolute Gasteiger partial charge is 0.508 e. The number of aliphatic hydroxyl groups excluding tert-OH is 1. The minimum Gasteiger partial charge on any atom is -0.508 e. The highest BCUT2D eigenvalue weighted by Crippen LogP contribution is 2.44. The summed E-state index contributed by atoms with van der Waals surface area (Å²) in [6.07, 6.45) is 8.71. The molecule has 3 aliphatic rings. The van der Waals surface area contributed by atoms with Crippen molar-refractivity contribution in [3.63, 3.8) is 0 Å². The number of ether oxygens (including phenoxy) is 3. The van der Waals surface area contributed by atoms with Crippen molar-refractivity contribution in [2.45, 2.75) is 62.4 Å². The van der Waals surface area contributed by atoms with Crippen molar-refractivity contribution in [3.05, 3.63) is 53.9 Å². The van der Waals surface area contributed by atoms with Crippen LogP contribution in [-0.4, -0.2) is 99.6 Å². The Balaban J connectivity index is 1.36. The molecule has 0 radical (unpaired) electrons. The van der Waals surface area contributed by atoms with Gasteiger partial charge in [-0.15, -0.1) is 6.42 Å². The highest BCUT2D eigenvalue weighted by molar-refractivity contribution is 5.93. The van der Waals surface area contributed by atoms with Crippen molar-refractivity contribution in [1.82, 2.24) is 19.8 Å². The number of hydrogen-bond acceptors (Lipinski definition) is 10. The van der Waals surface area contributed by atoms with Gasteiger partial charge in [0.25, 0.3) is 5.88 Å². The highest BCUT2D eigenvalue weighted by atomic mass is 19.1. The Bertz CT molecular complexity index is 1790. The van der Waals surface area contributed by atoms with Crippen LogP contribution < -0.4 is 19.5 Å². The molecule has 1 aromatic heterocycles. The molecule has 3 aromatic rings. The number of amides is 1. The Hall–Kier alpha value is -4.67. The van der Waals surface area contributed by atoms with Gasteiger partial charge in [0.15, 0.2) is 11.9 Å². The molecule has 2 aromatic carbocycles. The fourth-order valence-electron chi connectivity index (χ4n) is 7.40. The molecular weight excluding hydrogens is 636 g/mol. The number of aliphatic hydroxyl groups is 1. The van der Waals surface area contributed by atoms with E-state index in [4.69, 9.17) is 20.6 Å². The van der Waals surface area contributed by atoms with E-state index >= 15 is 0 Å². The van der Waals surface area contributed by atoms with E-state index in [2.05, 4.69) is 27.8 Å². The van der Waals surface area contributed by atoms with Crippen LogP contribution in [0.5, 0.6) is 23.4 Å². The van der Waals surface area contributed by atoms with Gasteiger partial charge in [0.2, 0.25) is 11.7 Å². The van der Waals surface area contributed by atoms with E-state index < -0.39 is 29.2 Å². The number of nitrogens with one attached hydrogen (secondary N) is 1. The summed E-state index contributed by atoms with van der Waals surface area (Å²) in [6, 6.07) is 5.66. The number of terminal acetylenes is 1. The summed E-state index contributed by atoms with van der Waals surface area (Å²) in [5, 5.41) is 24.4. The Morgan fingerprint density at radius 2 is 2.10 bits per heavy atom. The summed E-state index contributed by atoms with van der Waals surface area (Å²) in [5.41, 5.74) is -0.798. The number of alkyl halides is 1. The van der Waals surface area contributed by atoms with E-state index in [1.807, 2.05) is 11.8 Å². The molecule has 0 bridgehead atoms. The van der Waals surface area contributed by atoms with Crippen LogP contribution in [0.3, 0.4) is 0 Å². The minimum atomic E-state index is -1.08. The summed E-state index contributed by atoms with van der Waals surface area (Å²) < 4.78 is 48.1. The van der Waals surface area contributed by atoms with Crippen molar-refractivity contribution >= 4 is 22.5 Å². The van der Waals surface area contributed by atoms with Crippen LogP contribution in [0, 0.1) is 18.2 Å². The average molecular weight is 678 g/mol. The summed E-state index contributed by atoms with van der Waals surface area (Å²) >= 11 is 0. The van der Waals surface area contributed by atoms with Crippen molar-refractivity contribution in [2.75, 3.05) is 51.8 Å². The molecule has 11 nitrogen and oxygen atoms in total. The van der Waals surface area contributed by atoms with Gasteiger partial charge in [0, 0.05) is 44.1 Å². The zero-order valence-corrected chi connectivity index (χ0v) is 27.7. The first kappa shape index (κ1) is 34.2. The number of phenols is 1. The first-order valence-electron chi connectivity index (χ1n) is 16.4. The molecule has 1 saturated carbocycles. The van der Waals surface area contributed by atoms with Crippen LogP contribution in [0.1, 0.15) is 56.3 Å². The molecule has 49 heavy (non-hydrogen) atoms. The van der Waals surface area contributed by atoms with E-state index in [9.17, 15) is 23.8 Å². The van der Waals surface area contributed by atoms with Gasteiger partial charge in [-0.1, -0.05) is 31.4 Å². The molecule has 3 atom stereocenters. The summed E-state index contributed by atoms with van der Waals surface area (Å²) in [7, 11) is 1.76. The Labute approximate surface area is 283 Å². The number of β-amino-alcohol motifs (C(OH)–C–C–N with tert-alkyl or cyclic N) is 1.